The number of hydrogen-bond donors (Lipinski definition) is 1. The van der Waals surface area contributed by atoms with E-state index in [0.717, 1.165) is 28.5 Å². The minimum absolute atomic E-state index is 0.0182. The van der Waals surface area contributed by atoms with Crippen LogP contribution in [0.15, 0.2) is 18.2 Å². The van der Waals surface area contributed by atoms with Crippen molar-refractivity contribution in [3.05, 3.63) is 35.4 Å². The first kappa shape index (κ1) is 15.3. The Labute approximate surface area is 130 Å². The molecule has 0 aromatic heterocycles. The Kier molecular flexibility index (Phi) is 4.35. The van der Waals surface area contributed by atoms with E-state index < -0.39 is 23.8 Å². The van der Waals surface area contributed by atoms with Gasteiger partial charge in [-0.1, -0.05) is 6.08 Å². The SMILES string of the molecule is O=C1OC(CO)CN1c1cc(F)c(C2=CCSCC2)c(F)c1. The molecule has 1 atom stereocenters. The molecule has 0 radical (unpaired) electrons. The number of aliphatic hydroxyl groups is 1. The number of rotatable bonds is 3. The number of nitrogens with zero attached hydrogens (tertiary/aromatic N) is 1. The molecule has 0 spiro atoms. The highest BCUT2D eigenvalue weighted by atomic mass is 32.2. The van der Waals surface area contributed by atoms with E-state index in [-0.39, 0.29) is 24.4 Å². The minimum atomic E-state index is -0.709. The van der Waals surface area contributed by atoms with E-state index in [1.807, 2.05) is 6.08 Å². The number of benzene rings is 1. The van der Waals surface area contributed by atoms with Crippen LogP contribution < -0.4 is 4.90 Å². The molecule has 4 nitrogen and oxygen atoms in total. The number of amides is 1. The van der Waals surface area contributed by atoms with Gasteiger partial charge in [-0.25, -0.2) is 13.6 Å². The van der Waals surface area contributed by atoms with Gasteiger partial charge in [0.05, 0.1) is 18.8 Å². The molecular formula is C15H15F2NO3S. The van der Waals surface area contributed by atoms with Gasteiger partial charge in [-0.15, -0.1) is 0 Å². The van der Waals surface area contributed by atoms with Crippen molar-refractivity contribution >= 4 is 29.1 Å². The van der Waals surface area contributed by atoms with E-state index in [2.05, 4.69) is 0 Å². The van der Waals surface area contributed by atoms with Crippen molar-refractivity contribution < 1.29 is 23.4 Å². The average Bonchev–Trinajstić information content (AvgIpc) is 2.89. The van der Waals surface area contributed by atoms with E-state index in [9.17, 15) is 13.6 Å². The summed E-state index contributed by atoms with van der Waals surface area (Å²) in [5, 5.41) is 9.01. The van der Waals surface area contributed by atoms with Gasteiger partial charge >= 0.3 is 6.09 Å². The van der Waals surface area contributed by atoms with Crippen LogP contribution >= 0.6 is 11.8 Å². The van der Waals surface area contributed by atoms with Gasteiger partial charge in [-0.05, 0) is 29.9 Å². The lowest BCUT2D eigenvalue weighted by Crippen LogP contribution is -2.25. The van der Waals surface area contributed by atoms with Crippen molar-refractivity contribution in [1.29, 1.82) is 0 Å². The van der Waals surface area contributed by atoms with Crippen molar-refractivity contribution in [3.63, 3.8) is 0 Å². The molecule has 1 unspecified atom stereocenters. The molecule has 3 rings (SSSR count). The van der Waals surface area contributed by atoms with Gasteiger partial charge < -0.3 is 9.84 Å². The predicted molar refractivity (Wildman–Crippen MR) is 81.0 cm³/mol. The zero-order chi connectivity index (χ0) is 15.7. The fraction of sp³-hybridized carbons (Fsp3) is 0.400. The maximum absolute atomic E-state index is 14.3. The molecule has 0 saturated carbocycles. The number of hydrogen-bond acceptors (Lipinski definition) is 4. The van der Waals surface area contributed by atoms with Crippen LogP contribution in [-0.2, 0) is 4.74 Å². The van der Waals surface area contributed by atoms with Crippen LogP contribution in [-0.4, -0.2) is 42.0 Å². The molecule has 1 aromatic rings. The van der Waals surface area contributed by atoms with Crippen molar-refractivity contribution in [1.82, 2.24) is 0 Å². The summed E-state index contributed by atoms with van der Waals surface area (Å²) in [5.41, 5.74) is 0.748. The summed E-state index contributed by atoms with van der Waals surface area (Å²) < 4.78 is 33.6. The summed E-state index contributed by atoms with van der Waals surface area (Å²) in [5.74, 6) is 0.206. The number of carbonyl (C=O) groups excluding carboxylic acids is 1. The summed E-state index contributed by atoms with van der Waals surface area (Å²) in [7, 11) is 0. The first-order valence-corrected chi connectivity index (χ1v) is 8.11. The average molecular weight is 327 g/mol. The second-order valence-electron chi connectivity index (χ2n) is 5.14. The molecule has 22 heavy (non-hydrogen) atoms. The smallest absolute Gasteiger partial charge is 0.414 e. The molecule has 1 N–H and O–H groups in total. The number of ether oxygens (including phenoxy) is 1. The Morgan fingerprint density at radius 2 is 2.09 bits per heavy atom. The molecule has 0 aliphatic carbocycles. The van der Waals surface area contributed by atoms with Crippen LogP contribution in [0.25, 0.3) is 5.57 Å². The van der Waals surface area contributed by atoms with Crippen LogP contribution in [0.3, 0.4) is 0 Å². The predicted octanol–water partition coefficient (Wildman–Crippen LogP) is 2.80. The van der Waals surface area contributed by atoms with Crippen LogP contribution in [0.4, 0.5) is 19.3 Å². The molecule has 1 fully saturated rings. The van der Waals surface area contributed by atoms with Gasteiger partial charge in [0.1, 0.15) is 17.7 Å². The number of carbonyl (C=O) groups is 1. The molecule has 118 valence electrons. The lowest BCUT2D eigenvalue weighted by Gasteiger charge is -2.18. The molecule has 1 amide bonds. The second kappa shape index (κ2) is 6.26. The molecule has 2 heterocycles. The second-order valence-corrected chi connectivity index (χ2v) is 6.29. The van der Waals surface area contributed by atoms with Gasteiger partial charge in [-0.2, -0.15) is 11.8 Å². The zero-order valence-corrected chi connectivity index (χ0v) is 12.5. The van der Waals surface area contributed by atoms with Crippen molar-refractivity contribution in [2.75, 3.05) is 29.6 Å². The van der Waals surface area contributed by atoms with Gasteiger partial charge in [-0.3, -0.25) is 4.90 Å². The van der Waals surface area contributed by atoms with Crippen LogP contribution in [0, 0.1) is 11.6 Å². The summed E-state index contributed by atoms with van der Waals surface area (Å²) in [6.07, 6.45) is 1.08. The van der Waals surface area contributed by atoms with Crippen LogP contribution in [0.5, 0.6) is 0 Å². The molecule has 1 saturated heterocycles. The highest BCUT2D eigenvalue weighted by Crippen LogP contribution is 2.33. The summed E-state index contributed by atoms with van der Waals surface area (Å²) >= 11 is 1.72. The van der Waals surface area contributed by atoms with Crippen molar-refractivity contribution in [3.8, 4) is 0 Å². The lowest BCUT2D eigenvalue weighted by atomic mass is 10.0. The van der Waals surface area contributed by atoms with Crippen LogP contribution in [0.1, 0.15) is 12.0 Å². The zero-order valence-electron chi connectivity index (χ0n) is 11.7. The van der Waals surface area contributed by atoms with Crippen molar-refractivity contribution in [2.24, 2.45) is 0 Å². The largest absolute Gasteiger partial charge is 0.441 e. The third-order valence-corrected chi connectivity index (χ3v) is 4.60. The summed E-state index contributed by atoms with van der Waals surface area (Å²) in [4.78, 5) is 12.8. The van der Waals surface area contributed by atoms with E-state index in [0.29, 0.717) is 12.0 Å². The third-order valence-electron chi connectivity index (χ3n) is 3.70. The number of allylic oxidation sites excluding steroid dienone is 1. The van der Waals surface area contributed by atoms with E-state index in [1.54, 1.807) is 11.8 Å². The summed E-state index contributed by atoms with van der Waals surface area (Å²) in [6.45, 7) is -0.247. The van der Waals surface area contributed by atoms with E-state index in [1.165, 1.54) is 0 Å². The molecule has 2 aliphatic heterocycles. The number of anilines is 1. The lowest BCUT2D eigenvalue weighted by molar-refractivity contribution is 0.0963. The Bertz CT molecular complexity index is 612. The topological polar surface area (TPSA) is 49.8 Å². The number of cyclic esters (lactones) is 1. The number of halogens is 2. The van der Waals surface area contributed by atoms with Gasteiger partial charge in [0.25, 0.3) is 0 Å². The first-order valence-electron chi connectivity index (χ1n) is 6.95. The normalized spacial score (nSPS) is 21.8. The molecule has 1 aromatic carbocycles. The third kappa shape index (κ3) is 2.83. The fourth-order valence-corrected chi connectivity index (χ4v) is 3.45. The van der Waals surface area contributed by atoms with Crippen molar-refractivity contribution in [2.45, 2.75) is 12.5 Å². The molecule has 7 heteroatoms. The Morgan fingerprint density at radius 1 is 1.36 bits per heavy atom. The minimum Gasteiger partial charge on any atom is -0.441 e. The molecule has 2 aliphatic rings. The quantitative estimate of drug-likeness (QED) is 0.927. The highest BCUT2D eigenvalue weighted by Gasteiger charge is 2.33. The Balaban J connectivity index is 1.93. The Morgan fingerprint density at radius 3 is 2.64 bits per heavy atom. The Hall–Kier alpha value is -1.60. The van der Waals surface area contributed by atoms with Gasteiger partial charge in [0, 0.05) is 11.3 Å². The monoisotopic (exact) mass is 327 g/mol. The first-order chi connectivity index (χ1) is 10.6. The van der Waals surface area contributed by atoms with Gasteiger partial charge in [0.2, 0.25) is 0 Å². The summed E-state index contributed by atoms with van der Waals surface area (Å²) in [6, 6.07) is 2.28. The molecular weight excluding hydrogens is 312 g/mol. The maximum Gasteiger partial charge on any atom is 0.414 e. The number of aliphatic hydroxyl groups excluding tert-OH is 1. The molecule has 0 bridgehead atoms. The maximum atomic E-state index is 14.3. The van der Waals surface area contributed by atoms with Gasteiger partial charge in [0.15, 0.2) is 0 Å². The standard InChI is InChI=1S/C15H15F2NO3S/c16-12-5-10(18-7-11(8-19)21-15(18)20)6-13(17)14(12)9-1-3-22-4-2-9/h1,5-6,11,19H,2-4,7-8H2. The van der Waals surface area contributed by atoms with E-state index >= 15 is 0 Å². The number of thioether (sulfide) groups is 1. The van der Waals surface area contributed by atoms with Crippen LogP contribution in [0.2, 0.25) is 0 Å². The van der Waals surface area contributed by atoms with E-state index in [4.69, 9.17) is 9.84 Å². The fourth-order valence-electron chi connectivity index (χ4n) is 2.60. The highest BCUT2D eigenvalue weighted by molar-refractivity contribution is 7.99.